The van der Waals surface area contributed by atoms with Crippen molar-refractivity contribution >= 4 is 29.1 Å². The van der Waals surface area contributed by atoms with Gasteiger partial charge in [0.1, 0.15) is 11.6 Å². The van der Waals surface area contributed by atoms with Crippen molar-refractivity contribution in [1.29, 1.82) is 0 Å². The van der Waals surface area contributed by atoms with Crippen LogP contribution >= 0.6 is 12.4 Å². The van der Waals surface area contributed by atoms with Crippen LogP contribution < -0.4 is 10.5 Å². The molecule has 0 atom stereocenters. The van der Waals surface area contributed by atoms with Gasteiger partial charge in [-0.2, -0.15) is 0 Å². The summed E-state index contributed by atoms with van der Waals surface area (Å²) in [5.41, 5.74) is 7.81. The highest BCUT2D eigenvalue weighted by molar-refractivity contribution is 5.85. The second kappa shape index (κ2) is 5.03. The van der Waals surface area contributed by atoms with Crippen LogP contribution in [0.2, 0.25) is 0 Å². The van der Waals surface area contributed by atoms with E-state index in [1.54, 1.807) is 7.11 Å². The number of pyridine rings is 1. The van der Waals surface area contributed by atoms with Gasteiger partial charge < -0.3 is 10.5 Å². The number of ether oxygens (including phenoxy) is 1. The third-order valence-electron chi connectivity index (χ3n) is 2.52. The van der Waals surface area contributed by atoms with Crippen LogP contribution in [0.5, 0.6) is 5.75 Å². The molecule has 0 bridgehead atoms. The molecule has 0 aliphatic rings. The van der Waals surface area contributed by atoms with E-state index in [0.29, 0.717) is 5.82 Å². The van der Waals surface area contributed by atoms with E-state index in [4.69, 9.17) is 10.5 Å². The molecule has 2 aromatic rings. The summed E-state index contributed by atoms with van der Waals surface area (Å²) in [7, 11) is 1.66. The minimum Gasteiger partial charge on any atom is -0.497 e. The van der Waals surface area contributed by atoms with Crippen molar-refractivity contribution in [2.45, 2.75) is 13.3 Å². The fourth-order valence-electron chi connectivity index (χ4n) is 1.62. The van der Waals surface area contributed by atoms with E-state index < -0.39 is 0 Å². The van der Waals surface area contributed by atoms with Gasteiger partial charge >= 0.3 is 0 Å². The molecule has 2 rings (SSSR count). The maximum absolute atomic E-state index is 5.83. The van der Waals surface area contributed by atoms with Gasteiger partial charge in [0.15, 0.2) is 0 Å². The summed E-state index contributed by atoms with van der Waals surface area (Å²) >= 11 is 0. The quantitative estimate of drug-likeness (QED) is 0.875. The molecule has 0 aliphatic heterocycles. The van der Waals surface area contributed by atoms with Crippen LogP contribution in [0, 0.1) is 0 Å². The lowest BCUT2D eigenvalue weighted by Gasteiger charge is -2.06. The van der Waals surface area contributed by atoms with Crippen LogP contribution in [0.3, 0.4) is 0 Å². The second-order valence-corrected chi connectivity index (χ2v) is 3.44. The molecule has 1 aromatic carbocycles. The summed E-state index contributed by atoms with van der Waals surface area (Å²) in [6.07, 6.45) is 0.895. The number of hydrogen-bond acceptors (Lipinski definition) is 3. The first-order valence-corrected chi connectivity index (χ1v) is 4.97. The molecule has 0 saturated heterocycles. The van der Waals surface area contributed by atoms with Crippen molar-refractivity contribution in [2.75, 3.05) is 12.8 Å². The van der Waals surface area contributed by atoms with Crippen LogP contribution in [0.25, 0.3) is 10.9 Å². The highest BCUT2D eigenvalue weighted by Gasteiger charge is 2.03. The fraction of sp³-hybridized carbons (Fsp3) is 0.250. The molecule has 4 heteroatoms. The molecule has 0 radical (unpaired) electrons. The molecule has 2 N–H and O–H groups in total. The van der Waals surface area contributed by atoms with E-state index >= 15 is 0 Å². The second-order valence-electron chi connectivity index (χ2n) is 3.44. The number of nitrogens with two attached hydrogens (primary N) is 1. The average Bonchev–Trinajstić information content (AvgIpc) is 2.27. The first-order valence-electron chi connectivity index (χ1n) is 4.97. The maximum Gasteiger partial charge on any atom is 0.127 e. The lowest BCUT2D eigenvalue weighted by atomic mass is 10.1. The molecule has 0 amide bonds. The molecule has 3 nitrogen and oxygen atoms in total. The van der Waals surface area contributed by atoms with Crippen molar-refractivity contribution < 1.29 is 4.74 Å². The number of hydrogen-bond donors (Lipinski definition) is 1. The van der Waals surface area contributed by atoms with E-state index in [-0.39, 0.29) is 12.4 Å². The molecule has 0 spiro atoms. The zero-order valence-corrected chi connectivity index (χ0v) is 10.2. The fourth-order valence-corrected chi connectivity index (χ4v) is 1.62. The van der Waals surface area contributed by atoms with Gasteiger partial charge in [-0.25, -0.2) is 4.98 Å². The first-order chi connectivity index (χ1) is 7.24. The molecule has 0 saturated carbocycles. The van der Waals surface area contributed by atoms with E-state index in [1.165, 1.54) is 0 Å². The number of anilines is 1. The summed E-state index contributed by atoms with van der Waals surface area (Å²) in [6.45, 7) is 2.07. The molecular weight excluding hydrogens is 224 g/mol. The Morgan fingerprint density at radius 1 is 1.31 bits per heavy atom. The molecule has 0 fully saturated rings. The Hall–Kier alpha value is -1.48. The molecule has 1 aromatic heterocycles. The van der Waals surface area contributed by atoms with Crippen molar-refractivity contribution in [3.8, 4) is 5.75 Å². The van der Waals surface area contributed by atoms with Gasteiger partial charge in [0.2, 0.25) is 0 Å². The van der Waals surface area contributed by atoms with Crippen LogP contribution in [0.15, 0.2) is 24.3 Å². The Balaban J connectivity index is 0.00000128. The molecule has 1 heterocycles. The van der Waals surface area contributed by atoms with Crippen molar-refractivity contribution in [3.05, 3.63) is 29.8 Å². The zero-order valence-electron chi connectivity index (χ0n) is 9.36. The van der Waals surface area contributed by atoms with Crippen LogP contribution in [-0.4, -0.2) is 12.1 Å². The lowest BCUT2D eigenvalue weighted by Crippen LogP contribution is -1.97. The number of halogens is 1. The topological polar surface area (TPSA) is 48.1 Å². The van der Waals surface area contributed by atoms with E-state index in [1.807, 2.05) is 18.2 Å². The van der Waals surface area contributed by atoms with E-state index in [0.717, 1.165) is 28.6 Å². The number of fused-ring (bicyclic) bond motifs is 1. The molecular formula is C12H15ClN2O. The number of nitrogens with zero attached hydrogens (tertiary/aromatic N) is 1. The third-order valence-corrected chi connectivity index (χ3v) is 2.52. The van der Waals surface area contributed by atoms with Crippen molar-refractivity contribution in [1.82, 2.24) is 4.98 Å². The third kappa shape index (κ3) is 2.19. The van der Waals surface area contributed by atoms with Gasteiger partial charge in [0.25, 0.3) is 0 Å². The normalized spacial score (nSPS) is 9.88. The van der Waals surface area contributed by atoms with Crippen LogP contribution in [0.4, 0.5) is 5.82 Å². The Labute approximate surface area is 101 Å². The van der Waals surface area contributed by atoms with Gasteiger partial charge in [-0.15, -0.1) is 12.4 Å². The van der Waals surface area contributed by atoms with E-state index in [2.05, 4.69) is 18.0 Å². The smallest absolute Gasteiger partial charge is 0.127 e. The Morgan fingerprint density at radius 3 is 2.69 bits per heavy atom. The molecule has 0 aliphatic carbocycles. The summed E-state index contributed by atoms with van der Waals surface area (Å²) in [4.78, 5) is 4.34. The molecule has 86 valence electrons. The Bertz CT molecular complexity index is 500. The minimum absolute atomic E-state index is 0. The summed E-state index contributed by atoms with van der Waals surface area (Å²) in [5.74, 6) is 1.46. The average molecular weight is 239 g/mol. The van der Waals surface area contributed by atoms with Crippen LogP contribution in [-0.2, 0) is 6.42 Å². The largest absolute Gasteiger partial charge is 0.497 e. The van der Waals surface area contributed by atoms with Gasteiger partial charge in [-0.05, 0) is 36.2 Å². The monoisotopic (exact) mass is 238 g/mol. The minimum atomic E-state index is 0. The van der Waals surface area contributed by atoms with Gasteiger partial charge in [-0.1, -0.05) is 6.92 Å². The lowest BCUT2D eigenvalue weighted by molar-refractivity contribution is 0.415. The summed E-state index contributed by atoms with van der Waals surface area (Å²) in [6, 6.07) is 7.85. The highest BCUT2D eigenvalue weighted by atomic mass is 35.5. The first kappa shape index (κ1) is 12.6. The predicted octanol–water partition coefficient (Wildman–Crippen LogP) is 2.81. The number of methoxy groups -OCH3 is 1. The number of rotatable bonds is 2. The van der Waals surface area contributed by atoms with Crippen molar-refractivity contribution in [3.63, 3.8) is 0 Å². The Kier molecular flexibility index (Phi) is 3.96. The SMILES string of the molecule is CCc1cc2cc(OC)ccc2nc1N.Cl. The van der Waals surface area contributed by atoms with Crippen LogP contribution in [0.1, 0.15) is 12.5 Å². The molecule has 0 unspecified atom stereocenters. The highest BCUT2D eigenvalue weighted by Crippen LogP contribution is 2.23. The van der Waals surface area contributed by atoms with Gasteiger partial charge in [0.05, 0.1) is 12.6 Å². The molecule has 16 heavy (non-hydrogen) atoms. The number of nitrogen functional groups attached to an aromatic ring is 1. The summed E-state index contributed by atoms with van der Waals surface area (Å²) in [5, 5.41) is 1.07. The standard InChI is InChI=1S/C12H14N2O.ClH/c1-3-8-6-9-7-10(15-2)4-5-11(9)14-12(8)13;/h4-7H,3H2,1-2H3,(H2,13,14);1H. The number of benzene rings is 1. The predicted molar refractivity (Wildman–Crippen MR) is 69.3 cm³/mol. The zero-order chi connectivity index (χ0) is 10.8. The van der Waals surface area contributed by atoms with Gasteiger partial charge in [0, 0.05) is 5.39 Å². The number of aromatic nitrogens is 1. The maximum atomic E-state index is 5.83. The summed E-state index contributed by atoms with van der Waals surface area (Å²) < 4.78 is 5.17. The Morgan fingerprint density at radius 2 is 2.06 bits per heavy atom. The van der Waals surface area contributed by atoms with E-state index in [9.17, 15) is 0 Å². The van der Waals surface area contributed by atoms with Crippen molar-refractivity contribution in [2.24, 2.45) is 0 Å². The van der Waals surface area contributed by atoms with Gasteiger partial charge in [-0.3, -0.25) is 0 Å². The number of aryl methyl sites for hydroxylation is 1.